The van der Waals surface area contributed by atoms with Crippen molar-refractivity contribution in [2.75, 3.05) is 0 Å². The van der Waals surface area contributed by atoms with Gasteiger partial charge in [-0.05, 0) is 31.2 Å². The van der Waals surface area contributed by atoms with Crippen LogP contribution >= 0.6 is 11.6 Å². The Morgan fingerprint density at radius 3 is 2.40 bits per heavy atom. The molecule has 7 heteroatoms. The number of halogens is 4. The SMILES string of the molecule is CC(C(=O)c1ccc(Cl)cc1)n1cc(C(F)(F)F)cn1. The van der Waals surface area contributed by atoms with Gasteiger partial charge in [0.2, 0.25) is 0 Å². The van der Waals surface area contributed by atoms with E-state index in [1.54, 1.807) is 12.1 Å². The van der Waals surface area contributed by atoms with Gasteiger partial charge in [0.1, 0.15) is 6.04 Å². The zero-order chi connectivity index (χ0) is 14.9. The van der Waals surface area contributed by atoms with Crippen LogP contribution < -0.4 is 0 Å². The fourth-order valence-electron chi connectivity index (χ4n) is 1.67. The van der Waals surface area contributed by atoms with Crippen LogP contribution in [0, 0.1) is 0 Å². The van der Waals surface area contributed by atoms with Crippen LogP contribution in [0.4, 0.5) is 13.2 Å². The van der Waals surface area contributed by atoms with E-state index in [2.05, 4.69) is 5.10 Å². The van der Waals surface area contributed by atoms with Crippen LogP contribution in [0.3, 0.4) is 0 Å². The number of carbonyl (C=O) groups is 1. The van der Waals surface area contributed by atoms with E-state index in [4.69, 9.17) is 11.6 Å². The van der Waals surface area contributed by atoms with Gasteiger partial charge in [-0.1, -0.05) is 11.6 Å². The van der Waals surface area contributed by atoms with Gasteiger partial charge in [0.15, 0.2) is 5.78 Å². The molecule has 106 valence electrons. The minimum absolute atomic E-state index is 0.335. The smallest absolute Gasteiger partial charge is 0.292 e. The average Bonchev–Trinajstić information content (AvgIpc) is 2.87. The highest BCUT2D eigenvalue weighted by atomic mass is 35.5. The van der Waals surface area contributed by atoms with Crippen molar-refractivity contribution in [2.24, 2.45) is 0 Å². The third-order valence-electron chi connectivity index (χ3n) is 2.83. The van der Waals surface area contributed by atoms with E-state index in [-0.39, 0.29) is 5.78 Å². The predicted octanol–water partition coefficient (Wildman–Crippen LogP) is 4.00. The Morgan fingerprint density at radius 2 is 1.90 bits per heavy atom. The van der Waals surface area contributed by atoms with Crippen molar-refractivity contribution >= 4 is 17.4 Å². The molecule has 0 saturated carbocycles. The normalized spacial score (nSPS) is 13.2. The van der Waals surface area contributed by atoms with Crippen LogP contribution in [0.25, 0.3) is 0 Å². The number of ketones is 1. The number of Topliss-reactive ketones (excluding diaryl/α,β-unsaturated/α-hetero) is 1. The molecule has 2 rings (SSSR count). The van der Waals surface area contributed by atoms with E-state index in [0.717, 1.165) is 10.9 Å². The molecule has 1 aromatic heterocycles. The molecule has 0 bridgehead atoms. The zero-order valence-corrected chi connectivity index (χ0v) is 11.1. The molecule has 0 spiro atoms. The summed E-state index contributed by atoms with van der Waals surface area (Å²) in [5, 5.41) is 4.08. The lowest BCUT2D eigenvalue weighted by atomic mass is 10.1. The molecular weight excluding hydrogens is 293 g/mol. The standard InChI is InChI=1S/C13H10ClF3N2O/c1-8(12(20)9-2-4-11(14)5-3-9)19-7-10(6-18-19)13(15,16)17/h2-8H,1H3. The van der Waals surface area contributed by atoms with Crippen LogP contribution in [0.15, 0.2) is 36.7 Å². The van der Waals surface area contributed by atoms with E-state index >= 15 is 0 Å². The van der Waals surface area contributed by atoms with E-state index in [0.29, 0.717) is 16.8 Å². The molecule has 0 aliphatic carbocycles. The summed E-state index contributed by atoms with van der Waals surface area (Å²) in [5.74, 6) is -0.335. The van der Waals surface area contributed by atoms with Crippen molar-refractivity contribution in [1.82, 2.24) is 9.78 Å². The van der Waals surface area contributed by atoms with Gasteiger partial charge in [-0.2, -0.15) is 18.3 Å². The van der Waals surface area contributed by atoms with Crippen molar-refractivity contribution in [3.05, 3.63) is 52.8 Å². The predicted molar refractivity (Wildman–Crippen MR) is 67.7 cm³/mol. The summed E-state index contributed by atoms with van der Waals surface area (Å²) in [5.41, 5.74) is -0.515. The summed E-state index contributed by atoms with van der Waals surface area (Å²) in [7, 11) is 0. The van der Waals surface area contributed by atoms with Crippen molar-refractivity contribution in [2.45, 2.75) is 19.1 Å². The first-order valence-electron chi connectivity index (χ1n) is 5.70. The summed E-state index contributed by atoms with van der Waals surface area (Å²) in [4.78, 5) is 12.1. The number of alkyl halides is 3. The Hall–Kier alpha value is -1.82. The Balaban J connectivity index is 2.22. The lowest BCUT2D eigenvalue weighted by Crippen LogP contribution is -2.17. The largest absolute Gasteiger partial charge is 0.419 e. The van der Waals surface area contributed by atoms with Crippen molar-refractivity contribution < 1.29 is 18.0 Å². The summed E-state index contributed by atoms with van der Waals surface area (Å²) >= 11 is 5.71. The molecule has 0 aliphatic heterocycles. The van der Waals surface area contributed by atoms with Crippen LogP contribution in [0.5, 0.6) is 0 Å². The molecule has 2 aromatic rings. The third kappa shape index (κ3) is 3.01. The number of rotatable bonds is 3. The second-order valence-electron chi connectivity index (χ2n) is 4.25. The Bertz CT molecular complexity index is 619. The van der Waals surface area contributed by atoms with Gasteiger partial charge in [0, 0.05) is 16.8 Å². The van der Waals surface area contributed by atoms with Gasteiger partial charge in [-0.3, -0.25) is 9.48 Å². The monoisotopic (exact) mass is 302 g/mol. The van der Waals surface area contributed by atoms with Gasteiger partial charge < -0.3 is 0 Å². The lowest BCUT2D eigenvalue weighted by Gasteiger charge is -2.11. The molecule has 0 amide bonds. The van der Waals surface area contributed by atoms with Gasteiger partial charge in [0.25, 0.3) is 0 Å². The van der Waals surface area contributed by atoms with E-state index < -0.39 is 17.8 Å². The lowest BCUT2D eigenvalue weighted by molar-refractivity contribution is -0.137. The van der Waals surface area contributed by atoms with E-state index in [9.17, 15) is 18.0 Å². The Labute approximate surface area is 118 Å². The summed E-state index contributed by atoms with van der Waals surface area (Å²) in [6.07, 6.45) is -2.95. The Kier molecular flexibility index (Phi) is 3.85. The third-order valence-corrected chi connectivity index (χ3v) is 3.09. The van der Waals surface area contributed by atoms with Crippen molar-refractivity contribution in [3.63, 3.8) is 0 Å². The number of nitrogens with zero attached hydrogens (tertiary/aromatic N) is 2. The number of aromatic nitrogens is 2. The molecule has 0 saturated heterocycles. The van der Waals surface area contributed by atoms with Gasteiger partial charge in [0.05, 0.1) is 11.8 Å². The minimum Gasteiger partial charge on any atom is -0.292 e. The summed E-state index contributed by atoms with van der Waals surface area (Å²) < 4.78 is 38.4. The molecular formula is C13H10ClF3N2O. The zero-order valence-electron chi connectivity index (χ0n) is 10.4. The van der Waals surface area contributed by atoms with Gasteiger partial charge >= 0.3 is 6.18 Å². The molecule has 1 aromatic carbocycles. The van der Waals surface area contributed by atoms with Crippen LogP contribution in [0.1, 0.15) is 28.9 Å². The fraction of sp³-hybridized carbons (Fsp3) is 0.231. The van der Waals surface area contributed by atoms with E-state index in [1.165, 1.54) is 19.1 Å². The maximum atomic E-state index is 12.5. The summed E-state index contributed by atoms with van der Waals surface area (Å²) in [6, 6.07) is 5.31. The number of carbonyl (C=O) groups excluding carboxylic acids is 1. The average molecular weight is 303 g/mol. The Morgan fingerprint density at radius 1 is 1.30 bits per heavy atom. The molecule has 0 radical (unpaired) electrons. The van der Waals surface area contributed by atoms with Crippen molar-refractivity contribution in [3.8, 4) is 0 Å². The molecule has 1 heterocycles. The first-order valence-corrected chi connectivity index (χ1v) is 6.08. The highest BCUT2D eigenvalue weighted by molar-refractivity contribution is 6.30. The van der Waals surface area contributed by atoms with Crippen LogP contribution in [-0.4, -0.2) is 15.6 Å². The highest BCUT2D eigenvalue weighted by Crippen LogP contribution is 2.29. The van der Waals surface area contributed by atoms with Crippen molar-refractivity contribution in [1.29, 1.82) is 0 Å². The quantitative estimate of drug-likeness (QED) is 0.803. The topological polar surface area (TPSA) is 34.9 Å². The molecule has 0 aliphatic rings. The minimum atomic E-state index is -4.47. The maximum Gasteiger partial charge on any atom is 0.419 e. The molecule has 1 atom stereocenters. The highest BCUT2D eigenvalue weighted by Gasteiger charge is 2.33. The van der Waals surface area contributed by atoms with E-state index in [1.807, 2.05) is 0 Å². The second kappa shape index (κ2) is 5.28. The van der Waals surface area contributed by atoms with Crippen LogP contribution in [-0.2, 0) is 6.18 Å². The molecule has 0 N–H and O–H groups in total. The first-order chi connectivity index (χ1) is 9.29. The molecule has 3 nitrogen and oxygen atoms in total. The van der Waals surface area contributed by atoms with Gasteiger partial charge in [-0.25, -0.2) is 0 Å². The number of hydrogen-bond donors (Lipinski definition) is 0. The molecule has 1 unspecified atom stereocenters. The second-order valence-corrected chi connectivity index (χ2v) is 4.69. The number of hydrogen-bond acceptors (Lipinski definition) is 2. The first kappa shape index (κ1) is 14.6. The molecule has 0 fully saturated rings. The maximum absolute atomic E-state index is 12.5. The fourth-order valence-corrected chi connectivity index (χ4v) is 1.80. The molecule has 20 heavy (non-hydrogen) atoms. The number of benzene rings is 1. The summed E-state index contributed by atoms with van der Waals surface area (Å²) in [6.45, 7) is 1.49. The van der Waals surface area contributed by atoms with Crippen LogP contribution in [0.2, 0.25) is 5.02 Å². The van der Waals surface area contributed by atoms with Gasteiger partial charge in [-0.15, -0.1) is 0 Å².